The number of hydrogen-bond donors (Lipinski definition) is 4. The average Bonchev–Trinajstić information content (AvgIpc) is 2.61. The first-order valence-corrected chi connectivity index (χ1v) is 8.92. The monoisotopic (exact) mass is 375 g/mol. The fraction of sp³-hybridized carbons (Fsp3) is 0.0588. The van der Waals surface area contributed by atoms with Gasteiger partial charge in [0.05, 0.1) is 7.11 Å². The molecule has 2 aromatic rings. The number of nitrogens with two attached hydrogens (primary N) is 2. The molecule has 0 atom stereocenters. The van der Waals surface area contributed by atoms with E-state index in [2.05, 4.69) is 5.32 Å². The molecular weight excluding hydrogens is 356 g/mol. The van der Waals surface area contributed by atoms with Crippen molar-refractivity contribution in [3.05, 3.63) is 66.4 Å². The van der Waals surface area contributed by atoms with E-state index in [1.54, 1.807) is 36.4 Å². The number of sulfonamides is 1. The molecule has 0 radical (unpaired) electrons. The number of ether oxygens (including phenoxy) is 1. The standard InChI is InChI=1S/C17H18N4O4S/c1-25-14-4-2-3-12(11-14)16(22)9-10-20-13-5-7-15(8-6-13)26(23,24)21-17(18)19/h2-11,20H,1H3,(H4,18,19,21)/p+1/b10-9-. The lowest BCUT2D eigenvalue weighted by Crippen LogP contribution is -2.80. The van der Waals surface area contributed by atoms with Crippen molar-refractivity contribution in [1.82, 2.24) is 0 Å². The van der Waals surface area contributed by atoms with E-state index in [4.69, 9.17) is 16.2 Å². The predicted molar refractivity (Wildman–Crippen MR) is 98.1 cm³/mol. The molecule has 9 heteroatoms. The number of anilines is 1. The number of guanidine groups is 1. The summed E-state index contributed by atoms with van der Waals surface area (Å²) in [6.45, 7) is 0. The van der Waals surface area contributed by atoms with Crippen LogP contribution in [0.3, 0.4) is 0 Å². The lowest BCUT2D eigenvalue weighted by atomic mass is 10.1. The number of nitrogens with one attached hydrogen (secondary N) is 2. The molecule has 0 unspecified atom stereocenters. The van der Waals surface area contributed by atoms with E-state index in [-0.39, 0.29) is 10.7 Å². The predicted octanol–water partition coefficient (Wildman–Crippen LogP) is -0.454. The van der Waals surface area contributed by atoms with E-state index >= 15 is 0 Å². The van der Waals surface area contributed by atoms with E-state index in [1.807, 2.05) is 4.40 Å². The SMILES string of the molecule is COc1cccc(C(=O)/C=C\Nc2ccc(S(=O)(=O)[NH+]=C(N)N)cc2)c1. The van der Waals surface area contributed by atoms with Crippen LogP contribution in [0.1, 0.15) is 10.4 Å². The molecule has 26 heavy (non-hydrogen) atoms. The highest BCUT2D eigenvalue weighted by Gasteiger charge is 2.14. The quantitative estimate of drug-likeness (QED) is 0.222. The third kappa shape index (κ3) is 5.08. The van der Waals surface area contributed by atoms with Crippen LogP contribution in [0.15, 0.2) is 65.7 Å². The van der Waals surface area contributed by atoms with Gasteiger partial charge in [-0.3, -0.25) is 16.3 Å². The van der Waals surface area contributed by atoms with Gasteiger partial charge in [-0.05, 0) is 36.4 Å². The Kier molecular flexibility index (Phi) is 5.97. The molecule has 0 bridgehead atoms. The Balaban J connectivity index is 2.04. The number of rotatable bonds is 7. The second-order valence-corrected chi connectivity index (χ2v) is 6.84. The van der Waals surface area contributed by atoms with E-state index in [0.29, 0.717) is 17.0 Å². The van der Waals surface area contributed by atoms with Gasteiger partial charge in [0, 0.05) is 23.5 Å². The van der Waals surface area contributed by atoms with E-state index in [1.165, 1.54) is 31.5 Å². The van der Waals surface area contributed by atoms with Crippen LogP contribution in [0.5, 0.6) is 5.75 Å². The van der Waals surface area contributed by atoms with Gasteiger partial charge in [-0.2, -0.15) is 12.8 Å². The summed E-state index contributed by atoms with van der Waals surface area (Å²) in [6, 6.07) is 12.6. The number of allylic oxidation sites excluding steroid dienone is 1. The maximum Gasteiger partial charge on any atom is 0.353 e. The molecule has 0 spiro atoms. The first-order chi connectivity index (χ1) is 12.3. The second-order valence-electron chi connectivity index (χ2n) is 5.16. The van der Waals surface area contributed by atoms with Crippen molar-refractivity contribution < 1.29 is 22.3 Å². The van der Waals surface area contributed by atoms with Crippen molar-refractivity contribution in [2.75, 3.05) is 12.4 Å². The van der Waals surface area contributed by atoms with Crippen molar-refractivity contribution in [3.8, 4) is 5.75 Å². The summed E-state index contributed by atoms with van der Waals surface area (Å²) < 4.78 is 30.8. The summed E-state index contributed by atoms with van der Waals surface area (Å²) in [6.07, 6.45) is 2.83. The third-order valence-corrected chi connectivity index (χ3v) is 4.65. The van der Waals surface area contributed by atoms with Gasteiger partial charge < -0.3 is 10.1 Å². The first kappa shape index (κ1) is 19.0. The molecule has 0 heterocycles. The summed E-state index contributed by atoms with van der Waals surface area (Å²) >= 11 is 0. The Morgan fingerprint density at radius 1 is 1.15 bits per heavy atom. The minimum Gasteiger partial charge on any atom is -0.497 e. The number of methoxy groups -OCH3 is 1. The highest BCUT2D eigenvalue weighted by molar-refractivity contribution is 7.84. The van der Waals surface area contributed by atoms with E-state index in [9.17, 15) is 13.2 Å². The highest BCUT2D eigenvalue weighted by atomic mass is 32.2. The number of ketones is 1. The second kappa shape index (κ2) is 8.17. The summed E-state index contributed by atoms with van der Waals surface area (Å²) in [7, 11) is -2.27. The number of benzene rings is 2. The van der Waals surface area contributed by atoms with Crippen LogP contribution in [-0.4, -0.2) is 27.3 Å². The Hall–Kier alpha value is -3.33. The molecule has 0 amide bonds. The van der Waals surface area contributed by atoms with Crippen LogP contribution < -0.4 is 25.9 Å². The van der Waals surface area contributed by atoms with Crippen molar-refractivity contribution in [2.24, 2.45) is 11.5 Å². The zero-order valence-corrected chi connectivity index (χ0v) is 14.8. The zero-order valence-electron chi connectivity index (χ0n) is 14.0. The van der Waals surface area contributed by atoms with Crippen LogP contribution in [0.4, 0.5) is 5.69 Å². The van der Waals surface area contributed by atoms with Gasteiger partial charge in [0.15, 0.2) is 5.78 Å². The van der Waals surface area contributed by atoms with E-state index < -0.39 is 16.0 Å². The molecule has 0 aliphatic heterocycles. The molecule has 8 nitrogen and oxygen atoms in total. The largest absolute Gasteiger partial charge is 0.497 e. The smallest absolute Gasteiger partial charge is 0.353 e. The molecule has 0 saturated carbocycles. The van der Waals surface area contributed by atoms with Gasteiger partial charge in [0.2, 0.25) is 0 Å². The highest BCUT2D eigenvalue weighted by Crippen LogP contribution is 2.14. The van der Waals surface area contributed by atoms with Crippen molar-refractivity contribution >= 4 is 27.5 Å². The van der Waals surface area contributed by atoms with Gasteiger partial charge in [0.1, 0.15) is 10.6 Å². The molecule has 0 saturated heterocycles. The fourth-order valence-corrected chi connectivity index (χ4v) is 2.95. The molecule has 136 valence electrons. The Morgan fingerprint density at radius 2 is 1.85 bits per heavy atom. The molecule has 0 aliphatic carbocycles. The van der Waals surface area contributed by atoms with Crippen molar-refractivity contribution in [1.29, 1.82) is 0 Å². The van der Waals surface area contributed by atoms with Crippen LogP contribution in [-0.2, 0) is 10.0 Å². The minimum absolute atomic E-state index is 0.00730. The maximum atomic E-state index is 12.1. The van der Waals surface area contributed by atoms with Crippen LogP contribution in [0.2, 0.25) is 0 Å². The maximum absolute atomic E-state index is 12.1. The Bertz CT molecular complexity index is 947. The van der Waals surface area contributed by atoms with Gasteiger partial charge in [0.25, 0.3) is 0 Å². The lowest BCUT2D eigenvalue weighted by Gasteiger charge is -2.03. The number of carbonyl (C=O) groups excluding carboxylic acids is 1. The molecular formula is C17H19N4O4S+. The van der Waals surface area contributed by atoms with Crippen LogP contribution in [0, 0.1) is 0 Å². The normalized spacial score (nSPS) is 11.1. The topological polar surface area (TPSA) is 138 Å². The third-order valence-electron chi connectivity index (χ3n) is 3.26. The molecule has 0 aromatic heterocycles. The average molecular weight is 375 g/mol. The fourth-order valence-electron chi connectivity index (χ4n) is 2.03. The van der Waals surface area contributed by atoms with Crippen LogP contribution >= 0.6 is 0 Å². The number of carbonyl (C=O) groups is 1. The molecule has 0 fully saturated rings. The molecule has 0 aliphatic rings. The zero-order chi connectivity index (χ0) is 19.2. The number of hydrogen-bond acceptors (Lipinski definition) is 5. The molecule has 2 aromatic carbocycles. The van der Waals surface area contributed by atoms with Gasteiger partial charge >= 0.3 is 16.0 Å². The van der Waals surface area contributed by atoms with Gasteiger partial charge in [-0.15, -0.1) is 0 Å². The van der Waals surface area contributed by atoms with Crippen molar-refractivity contribution in [3.63, 3.8) is 0 Å². The van der Waals surface area contributed by atoms with Crippen LogP contribution in [0.25, 0.3) is 0 Å². The summed E-state index contributed by atoms with van der Waals surface area (Å²) in [5, 5.41) is 2.89. The van der Waals surface area contributed by atoms with E-state index in [0.717, 1.165) is 0 Å². The minimum atomic E-state index is -3.80. The van der Waals surface area contributed by atoms with Crippen molar-refractivity contribution in [2.45, 2.75) is 4.90 Å². The summed E-state index contributed by atoms with van der Waals surface area (Å²) in [5.41, 5.74) is 11.4. The Labute approximate surface area is 151 Å². The first-order valence-electron chi connectivity index (χ1n) is 7.44. The van der Waals surface area contributed by atoms with Gasteiger partial charge in [-0.25, -0.2) is 0 Å². The lowest BCUT2D eigenvalue weighted by molar-refractivity contribution is -0.270. The van der Waals surface area contributed by atoms with Gasteiger partial charge in [-0.1, -0.05) is 12.1 Å². The molecule has 6 N–H and O–H groups in total. The summed E-state index contributed by atoms with van der Waals surface area (Å²) in [5.74, 6) is -0.0158. The Morgan fingerprint density at radius 3 is 2.46 bits per heavy atom. The summed E-state index contributed by atoms with van der Waals surface area (Å²) in [4.78, 5) is 12.1. The molecule has 2 rings (SSSR count).